The number of rotatable bonds is 5. The van der Waals surface area contributed by atoms with Crippen molar-refractivity contribution in [1.82, 2.24) is 14.1 Å². The first kappa shape index (κ1) is 23.9. The van der Waals surface area contributed by atoms with E-state index in [0.717, 1.165) is 36.1 Å². The Kier molecular flexibility index (Phi) is 6.91. The first-order valence-corrected chi connectivity index (χ1v) is 13.3. The largest absolute Gasteiger partial charge is 0.395 e. The number of carbonyl (C=O) groups excluding carboxylic acids is 1. The van der Waals surface area contributed by atoms with Crippen molar-refractivity contribution in [3.8, 4) is 11.1 Å². The van der Waals surface area contributed by atoms with Gasteiger partial charge in [-0.25, -0.2) is 12.7 Å². The molecule has 7 nitrogen and oxygen atoms in total. The second kappa shape index (κ2) is 9.54. The minimum atomic E-state index is -3.26. The molecule has 33 heavy (non-hydrogen) atoms. The van der Waals surface area contributed by atoms with E-state index in [4.69, 9.17) is 0 Å². The molecule has 0 spiro atoms. The van der Waals surface area contributed by atoms with Gasteiger partial charge in [0.1, 0.15) is 0 Å². The van der Waals surface area contributed by atoms with E-state index in [2.05, 4.69) is 17.0 Å². The third-order valence-corrected chi connectivity index (χ3v) is 8.22. The van der Waals surface area contributed by atoms with Crippen molar-refractivity contribution >= 4 is 15.9 Å². The molecule has 0 unspecified atom stereocenters. The van der Waals surface area contributed by atoms with E-state index >= 15 is 0 Å². The van der Waals surface area contributed by atoms with Crippen LogP contribution in [0.1, 0.15) is 34.7 Å². The van der Waals surface area contributed by atoms with E-state index in [-0.39, 0.29) is 30.5 Å². The highest BCUT2D eigenvalue weighted by Crippen LogP contribution is 2.42. The molecular weight excluding hydrogens is 438 g/mol. The smallest absolute Gasteiger partial charge is 0.253 e. The van der Waals surface area contributed by atoms with Gasteiger partial charge in [-0.3, -0.25) is 9.69 Å². The second-order valence-corrected chi connectivity index (χ2v) is 11.3. The third-order valence-electron chi connectivity index (χ3n) is 6.95. The van der Waals surface area contributed by atoms with Crippen molar-refractivity contribution in [3.63, 3.8) is 0 Å². The number of sulfonamides is 1. The van der Waals surface area contributed by atoms with Gasteiger partial charge < -0.3 is 10.0 Å². The summed E-state index contributed by atoms with van der Waals surface area (Å²) in [5, 5.41) is 10.1. The van der Waals surface area contributed by atoms with E-state index in [1.165, 1.54) is 6.26 Å². The summed E-state index contributed by atoms with van der Waals surface area (Å²) in [6.07, 6.45) is 3.04. The second-order valence-electron chi connectivity index (χ2n) is 9.31. The van der Waals surface area contributed by atoms with Gasteiger partial charge in [-0.15, -0.1) is 0 Å². The summed E-state index contributed by atoms with van der Waals surface area (Å²) in [5.74, 6) is 0.0431. The molecule has 2 fully saturated rings. The Hall–Kier alpha value is -2.26. The van der Waals surface area contributed by atoms with Crippen LogP contribution in [0.4, 0.5) is 0 Å². The maximum Gasteiger partial charge on any atom is 0.253 e. The van der Waals surface area contributed by atoms with Gasteiger partial charge in [0.2, 0.25) is 10.0 Å². The van der Waals surface area contributed by atoms with Crippen molar-refractivity contribution < 1.29 is 18.3 Å². The quantitative estimate of drug-likeness (QED) is 0.723. The van der Waals surface area contributed by atoms with Gasteiger partial charge in [-0.2, -0.15) is 0 Å². The Morgan fingerprint density at radius 3 is 2.39 bits per heavy atom. The summed E-state index contributed by atoms with van der Waals surface area (Å²) >= 11 is 0. The number of fused-ring (bicyclic) bond motifs is 1. The predicted molar refractivity (Wildman–Crippen MR) is 130 cm³/mol. The van der Waals surface area contributed by atoms with Crippen molar-refractivity contribution in [3.05, 3.63) is 59.7 Å². The molecule has 2 aromatic rings. The molecule has 0 aromatic heterocycles. The van der Waals surface area contributed by atoms with Crippen LogP contribution in [-0.4, -0.2) is 92.2 Å². The number of hydrogen-bond donors (Lipinski definition) is 1. The summed E-state index contributed by atoms with van der Waals surface area (Å²) in [5.41, 5.74) is 3.73. The van der Waals surface area contributed by atoms with Gasteiger partial charge in [0.05, 0.1) is 12.9 Å². The van der Waals surface area contributed by atoms with Gasteiger partial charge in [-0.05, 0) is 48.2 Å². The Labute approximate surface area is 196 Å². The average molecular weight is 472 g/mol. The lowest BCUT2D eigenvalue weighted by atomic mass is 9.74. The molecule has 8 heteroatoms. The maximum absolute atomic E-state index is 12.3. The number of carbonyl (C=O) groups is 1. The lowest BCUT2D eigenvalue weighted by Gasteiger charge is -2.57. The Bertz CT molecular complexity index is 1100. The van der Waals surface area contributed by atoms with Crippen molar-refractivity contribution in [2.45, 2.75) is 30.8 Å². The van der Waals surface area contributed by atoms with Gasteiger partial charge >= 0.3 is 0 Å². The summed E-state index contributed by atoms with van der Waals surface area (Å²) in [7, 11) is 0.215. The summed E-state index contributed by atoms with van der Waals surface area (Å²) < 4.78 is 26.1. The molecule has 4 rings (SSSR count). The minimum absolute atomic E-state index is 0.00130. The van der Waals surface area contributed by atoms with E-state index < -0.39 is 10.0 Å². The number of aliphatic hydroxyl groups is 1. The summed E-state index contributed by atoms with van der Waals surface area (Å²) in [6.45, 7) is 1.95. The average Bonchev–Trinajstić information content (AvgIpc) is 2.77. The van der Waals surface area contributed by atoms with Gasteiger partial charge in [-0.1, -0.05) is 36.4 Å². The van der Waals surface area contributed by atoms with Gasteiger partial charge in [0.15, 0.2) is 0 Å². The summed E-state index contributed by atoms with van der Waals surface area (Å²) in [6, 6.07) is 15.9. The highest BCUT2D eigenvalue weighted by molar-refractivity contribution is 7.88. The van der Waals surface area contributed by atoms with Gasteiger partial charge in [0, 0.05) is 50.7 Å². The highest BCUT2D eigenvalue weighted by Gasteiger charge is 2.49. The van der Waals surface area contributed by atoms with E-state index in [1.807, 2.05) is 36.4 Å². The minimum Gasteiger partial charge on any atom is -0.395 e. The molecule has 1 N–H and O–H groups in total. The maximum atomic E-state index is 12.3. The van der Waals surface area contributed by atoms with Crippen molar-refractivity contribution in [1.29, 1.82) is 0 Å². The van der Waals surface area contributed by atoms with Crippen LogP contribution in [0.2, 0.25) is 0 Å². The molecule has 1 amide bonds. The molecule has 2 heterocycles. The first-order chi connectivity index (χ1) is 15.7. The van der Waals surface area contributed by atoms with Crippen LogP contribution in [-0.2, 0) is 10.0 Å². The van der Waals surface area contributed by atoms with E-state index in [0.29, 0.717) is 18.7 Å². The number of aliphatic hydroxyl groups excluding tert-OH is 1. The van der Waals surface area contributed by atoms with Crippen LogP contribution >= 0.6 is 0 Å². The third kappa shape index (κ3) is 4.84. The summed E-state index contributed by atoms with van der Waals surface area (Å²) in [4.78, 5) is 16.2. The fraction of sp³-hybridized carbons (Fsp3) is 0.480. The molecule has 3 atom stereocenters. The normalized spacial score (nSPS) is 24.3. The Morgan fingerprint density at radius 2 is 1.76 bits per heavy atom. The topological polar surface area (TPSA) is 81.2 Å². The molecule has 2 saturated heterocycles. The molecule has 178 valence electrons. The first-order valence-electron chi connectivity index (χ1n) is 11.4. The molecule has 0 saturated carbocycles. The molecule has 0 aliphatic carbocycles. The Morgan fingerprint density at radius 1 is 1.06 bits per heavy atom. The zero-order valence-electron chi connectivity index (χ0n) is 19.5. The molecule has 0 radical (unpaired) electrons. The lowest BCUT2D eigenvalue weighted by Crippen LogP contribution is -2.67. The molecule has 2 aliphatic heterocycles. The molecule has 2 aliphatic rings. The van der Waals surface area contributed by atoms with Crippen LogP contribution in [0.25, 0.3) is 11.1 Å². The van der Waals surface area contributed by atoms with Crippen LogP contribution in [0.15, 0.2) is 48.5 Å². The van der Waals surface area contributed by atoms with Crippen molar-refractivity contribution in [2.75, 3.05) is 46.6 Å². The molecule has 2 aromatic carbocycles. The van der Waals surface area contributed by atoms with E-state index in [1.54, 1.807) is 23.3 Å². The zero-order chi connectivity index (χ0) is 23.8. The van der Waals surface area contributed by atoms with Crippen LogP contribution < -0.4 is 0 Å². The highest BCUT2D eigenvalue weighted by atomic mass is 32.2. The zero-order valence-corrected chi connectivity index (χ0v) is 20.3. The number of amides is 1. The predicted octanol–water partition coefficient (Wildman–Crippen LogP) is 2.24. The fourth-order valence-corrected chi connectivity index (χ4v) is 6.08. The van der Waals surface area contributed by atoms with Gasteiger partial charge in [0.25, 0.3) is 5.91 Å². The molecule has 0 bridgehead atoms. The van der Waals surface area contributed by atoms with Crippen LogP contribution in [0, 0.1) is 0 Å². The van der Waals surface area contributed by atoms with E-state index in [9.17, 15) is 18.3 Å². The van der Waals surface area contributed by atoms with Crippen LogP contribution in [0.5, 0.6) is 0 Å². The van der Waals surface area contributed by atoms with Crippen molar-refractivity contribution in [2.24, 2.45) is 0 Å². The number of hydrogen-bond acceptors (Lipinski definition) is 5. The lowest BCUT2D eigenvalue weighted by molar-refractivity contribution is -0.0553. The Balaban J connectivity index is 1.59. The fourth-order valence-electron chi connectivity index (χ4n) is 5.20. The van der Waals surface area contributed by atoms with Crippen LogP contribution in [0.3, 0.4) is 0 Å². The number of nitrogens with zero attached hydrogens (tertiary/aromatic N) is 3. The SMILES string of the molecule is CN(C)C(=O)c1cccc(-c2ccc([C@H]3[C@@H](CO)N4CCCCN(S(C)(=O)=O)C[C@H]34)cc2)c1. The molecular formula is C25H33N3O4S. The number of benzene rings is 2. The standard InChI is InChI=1S/C25H33N3O4S/c1-26(2)25(30)21-8-6-7-20(15-21)18-9-11-19(12-10-18)24-22-16-27(33(3,31)32)13-4-5-14-28(22)23(24)17-29/h6-12,15,22-24,29H,4-5,13-14,16-17H2,1-3H3/t22-,23-,24-/m1/s1. The monoisotopic (exact) mass is 471 g/mol.